The maximum absolute atomic E-state index is 12.3. The highest BCUT2D eigenvalue weighted by atomic mass is 35.5. The van der Waals surface area contributed by atoms with E-state index in [1.165, 1.54) is 6.20 Å². The monoisotopic (exact) mass is 425 g/mol. The van der Waals surface area contributed by atoms with Gasteiger partial charge in [-0.15, -0.1) is 0 Å². The van der Waals surface area contributed by atoms with E-state index in [9.17, 15) is 14.4 Å². The van der Waals surface area contributed by atoms with E-state index in [4.69, 9.17) is 16.3 Å². The van der Waals surface area contributed by atoms with Crippen LogP contribution in [0.3, 0.4) is 0 Å². The Morgan fingerprint density at radius 3 is 2.72 bits per heavy atom. The van der Waals surface area contributed by atoms with E-state index in [0.29, 0.717) is 50.6 Å². The third-order valence-corrected chi connectivity index (χ3v) is 5.65. The van der Waals surface area contributed by atoms with Crippen LogP contribution in [0.1, 0.15) is 39.5 Å². The number of amides is 2. The molecule has 0 unspecified atom stereocenters. The van der Waals surface area contributed by atoms with Crippen molar-refractivity contribution < 1.29 is 14.3 Å². The van der Waals surface area contributed by atoms with Crippen molar-refractivity contribution >= 4 is 29.3 Å². The van der Waals surface area contributed by atoms with Gasteiger partial charge in [-0.05, 0) is 18.8 Å². The summed E-state index contributed by atoms with van der Waals surface area (Å²) >= 11 is 6.04. The van der Waals surface area contributed by atoms with Crippen LogP contribution in [0.2, 0.25) is 5.02 Å². The van der Waals surface area contributed by atoms with E-state index in [1.54, 1.807) is 0 Å². The highest BCUT2D eigenvalue weighted by Gasteiger charge is 2.29. The van der Waals surface area contributed by atoms with Gasteiger partial charge in [-0.3, -0.25) is 9.59 Å². The average molecular weight is 426 g/mol. The standard InChI is InChI=1S/C19H28ClN5O4/c1-12(2)9-16(26)24-6-3-13(4-7-24)22-19(28)29-14-5-8-25(11-14)15-10-21-23-18(27)17(15)20/h10,12-14H,3-9,11H2,1-2H3,(H,22,28)(H,23,27)/t14-/m1/s1. The van der Waals surface area contributed by atoms with E-state index < -0.39 is 11.7 Å². The van der Waals surface area contributed by atoms with Crippen LogP contribution in [0.15, 0.2) is 11.0 Å². The number of likely N-dealkylation sites (tertiary alicyclic amines) is 1. The molecule has 1 atom stereocenters. The van der Waals surface area contributed by atoms with Crippen LogP contribution in [0.25, 0.3) is 0 Å². The summed E-state index contributed by atoms with van der Waals surface area (Å²) in [6.07, 6.45) is 3.44. The van der Waals surface area contributed by atoms with Crippen molar-refractivity contribution in [3.63, 3.8) is 0 Å². The van der Waals surface area contributed by atoms with Gasteiger partial charge in [0, 0.05) is 38.5 Å². The van der Waals surface area contributed by atoms with Gasteiger partial charge in [0.05, 0.1) is 18.4 Å². The van der Waals surface area contributed by atoms with Crippen molar-refractivity contribution in [3.05, 3.63) is 21.6 Å². The zero-order valence-electron chi connectivity index (χ0n) is 16.8. The summed E-state index contributed by atoms with van der Waals surface area (Å²) in [4.78, 5) is 39.8. The van der Waals surface area contributed by atoms with Gasteiger partial charge >= 0.3 is 6.09 Å². The summed E-state index contributed by atoms with van der Waals surface area (Å²) < 4.78 is 5.54. The number of aromatic amines is 1. The number of anilines is 1. The summed E-state index contributed by atoms with van der Waals surface area (Å²) in [6, 6.07) is 0.00873. The number of alkyl carbamates (subject to hydrolysis) is 1. The lowest BCUT2D eigenvalue weighted by molar-refractivity contribution is -0.133. The number of piperidine rings is 1. The first-order valence-electron chi connectivity index (χ1n) is 10.1. The Kier molecular flexibility index (Phi) is 7.00. The Morgan fingerprint density at radius 1 is 1.31 bits per heavy atom. The molecule has 2 amide bonds. The molecule has 2 saturated heterocycles. The fourth-order valence-corrected chi connectivity index (χ4v) is 3.95. The molecule has 2 fully saturated rings. The third kappa shape index (κ3) is 5.62. The van der Waals surface area contributed by atoms with Crippen molar-refractivity contribution in [3.8, 4) is 0 Å². The zero-order valence-corrected chi connectivity index (χ0v) is 17.6. The molecule has 2 N–H and O–H groups in total. The van der Waals surface area contributed by atoms with Gasteiger partial charge in [0.2, 0.25) is 5.91 Å². The highest BCUT2D eigenvalue weighted by Crippen LogP contribution is 2.25. The van der Waals surface area contributed by atoms with Crippen molar-refractivity contribution in [2.24, 2.45) is 5.92 Å². The Hall–Kier alpha value is -2.29. The van der Waals surface area contributed by atoms with Crippen LogP contribution in [0, 0.1) is 5.92 Å². The maximum atomic E-state index is 12.3. The highest BCUT2D eigenvalue weighted by molar-refractivity contribution is 6.33. The van der Waals surface area contributed by atoms with Gasteiger partial charge in [-0.2, -0.15) is 5.10 Å². The SMILES string of the molecule is CC(C)CC(=O)N1CCC(NC(=O)O[C@@H]2CCN(c3cn[nH]c(=O)c3Cl)C2)CC1. The van der Waals surface area contributed by atoms with E-state index >= 15 is 0 Å². The van der Waals surface area contributed by atoms with Crippen LogP contribution >= 0.6 is 11.6 Å². The molecule has 2 aliphatic rings. The lowest BCUT2D eigenvalue weighted by Gasteiger charge is -2.32. The van der Waals surface area contributed by atoms with Crippen LogP contribution in [0.5, 0.6) is 0 Å². The summed E-state index contributed by atoms with van der Waals surface area (Å²) in [7, 11) is 0. The predicted octanol–water partition coefficient (Wildman–Crippen LogP) is 1.77. The molecule has 29 heavy (non-hydrogen) atoms. The first-order valence-corrected chi connectivity index (χ1v) is 10.4. The molecule has 0 saturated carbocycles. The molecule has 9 nitrogen and oxygen atoms in total. The Labute approximate surface area is 174 Å². The predicted molar refractivity (Wildman–Crippen MR) is 109 cm³/mol. The van der Waals surface area contributed by atoms with Crippen LogP contribution in [0.4, 0.5) is 10.5 Å². The van der Waals surface area contributed by atoms with E-state index in [0.717, 1.165) is 12.8 Å². The quantitative estimate of drug-likeness (QED) is 0.744. The van der Waals surface area contributed by atoms with E-state index in [1.807, 2.05) is 23.6 Å². The van der Waals surface area contributed by atoms with Gasteiger partial charge in [-0.25, -0.2) is 9.89 Å². The molecular formula is C19H28ClN5O4. The maximum Gasteiger partial charge on any atom is 0.407 e. The molecule has 0 bridgehead atoms. The minimum Gasteiger partial charge on any atom is -0.444 e. The van der Waals surface area contributed by atoms with Crippen LogP contribution < -0.4 is 15.8 Å². The average Bonchev–Trinajstić information content (AvgIpc) is 3.12. The number of H-pyrrole nitrogens is 1. The molecule has 0 aliphatic carbocycles. The zero-order chi connectivity index (χ0) is 21.0. The van der Waals surface area contributed by atoms with Crippen molar-refractivity contribution in [2.75, 3.05) is 31.1 Å². The van der Waals surface area contributed by atoms with Gasteiger partial charge in [-0.1, -0.05) is 25.4 Å². The second kappa shape index (κ2) is 9.47. The third-order valence-electron chi connectivity index (χ3n) is 5.29. The smallest absolute Gasteiger partial charge is 0.407 e. The molecular weight excluding hydrogens is 398 g/mol. The molecule has 0 spiro atoms. The number of carbonyl (C=O) groups is 2. The lowest BCUT2D eigenvalue weighted by atomic mass is 10.0. The number of hydrogen-bond acceptors (Lipinski definition) is 6. The summed E-state index contributed by atoms with van der Waals surface area (Å²) in [5.41, 5.74) is 0.102. The van der Waals surface area contributed by atoms with Crippen molar-refractivity contribution in [2.45, 2.75) is 51.7 Å². The second-order valence-corrected chi connectivity index (χ2v) is 8.44. The van der Waals surface area contributed by atoms with Gasteiger partial charge < -0.3 is 19.9 Å². The molecule has 0 radical (unpaired) electrons. The topological polar surface area (TPSA) is 108 Å². The van der Waals surface area contributed by atoms with Gasteiger partial charge in [0.15, 0.2) is 0 Å². The normalized spacial score (nSPS) is 20.2. The molecule has 160 valence electrons. The molecule has 1 aromatic heterocycles. The fourth-order valence-electron chi connectivity index (χ4n) is 3.74. The molecule has 2 aliphatic heterocycles. The molecule has 1 aromatic rings. The van der Waals surface area contributed by atoms with Gasteiger partial charge in [0.25, 0.3) is 5.56 Å². The Morgan fingerprint density at radius 2 is 2.03 bits per heavy atom. The molecule has 3 heterocycles. The number of nitrogens with one attached hydrogen (secondary N) is 2. The van der Waals surface area contributed by atoms with Crippen LogP contribution in [-0.4, -0.2) is 65.4 Å². The second-order valence-electron chi connectivity index (χ2n) is 8.06. The fraction of sp³-hybridized carbons (Fsp3) is 0.684. The molecule has 0 aromatic carbocycles. The number of aromatic nitrogens is 2. The Balaban J connectivity index is 1.42. The van der Waals surface area contributed by atoms with E-state index in [2.05, 4.69) is 15.5 Å². The first kappa shape index (κ1) is 21.4. The van der Waals surface area contributed by atoms with Crippen molar-refractivity contribution in [1.29, 1.82) is 0 Å². The van der Waals surface area contributed by atoms with Gasteiger partial charge in [0.1, 0.15) is 11.1 Å². The Bertz CT molecular complexity index is 791. The number of ether oxygens (including phenoxy) is 1. The van der Waals surface area contributed by atoms with E-state index in [-0.39, 0.29) is 23.1 Å². The summed E-state index contributed by atoms with van der Waals surface area (Å²) in [5, 5.41) is 9.06. The number of nitrogens with zero attached hydrogens (tertiary/aromatic N) is 3. The molecule has 3 rings (SSSR count). The number of hydrogen-bond donors (Lipinski definition) is 2. The molecule has 10 heteroatoms. The summed E-state index contributed by atoms with van der Waals surface area (Å²) in [5.74, 6) is 0.527. The lowest BCUT2D eigenvalue weighted by Crippen LogP contribution is -2.47. The number of carbonyl (C=O) groups excluding carboxylic acids is 2. The largest absolute Gasteiger partial charge is 0.444 e. The number of halogens is 1. The first-order chi connectivity index (χ1) is 13.8. The number of rotatable bonds is 5. The minimum absolute atomic E-state index is 0.00873. The minimum atomic E-state index is -0.445. The van der Waals surface area contributed by atoms with Crippen LogP contribution in [-0.2, 0) is 9.53 Å². The summed E-state index contributed by atoms with van der Waals surface area (Å²) in [6.45, 7) is 6.46. The van der Waals surface area contributed by atoms with Crippen molar-refractivity contribution in [1.82, 2.24) is 20.4 Å².